The van der Waals surface area contributed by atoms with E-state index < -0.39 is 10.0 Å². The number of sulfonamides is 1. The van der Waals surface area contributed by atoms with Crippen molar-refractivity contribution in [3.05, 3.63) is 52.2 Å². The van der Waals surface area contributed by atoms with Crippen LogP contribution in [0.15, 0.2) is 46.7 Å². The van der Waals surface area contributed by atoms with Gasteiger partial charge in [0.05, 0.1) is 29.6 Å². The molecule has 0 atom stereocenters. The first-order chi connectivity index (χ1) is 11.5. The number of carbonyl (C=O) groups is 1. The number of thiophene rings is 1. The average molecular weight is 363 g/mol. The van der Waals surface area contributed by atoms with Crippen LogP contribution >= 0.6 is 11.3 Å². The van der Waals surface area contributed by atoms with Crippen LogP contribution in [0.5, 0.6) is 0 Å². The first-order valence-corrected chi connectivity index (χ1v) is 9.58. The van der Waals surface area contributed by atoms with Gasteiger partial charge in [0, 0.05) is 11.4 Å². The van der Waals surface area contributed by atoms with E-state index in [0.29, 0.717) is 6.54 Å². The first-order valence-electron chi connectivity index (χ1n) is 7.26. The van der Waals surface area contributed by atoms with Crippen LogP contribution in [0.2, 0.25) is 0 Å². The molecule has 126 valence electrons. The topological polar surface area (TPSA) is 90.3 Å². The molecule has 1 aromatic carbocycles. The zero-order valence-electron chi connectivity index (χ0n) is 13.1. The first kappa shape index (κ1) is 18.1. The minimum Gasteiger partial charge on any atom is -0.350 e. The molecular formula is C16H17N3O3S2. The molecule has 0 saturated carbocycles. The van der Waals surface area contributed by atoms with E-state index in [2.05, 4.69) is 5.32 Å². The molecule has 24 heavy (non-hydrogen) atoms. The van der Waals surface area contributed by atoms with E-state index in [0.717, 1.165) is 9.18 Å². The highest BCUT2D eigenvalue weighted by molar-refractivity contribution is 7.89. The van der Waals surface area contributed by atoms with Crippen molar-refractivity contribution in [2.45, 2.75) is 18.4 Å². The largest absolute Gasteiger partial charge is 0.350 e. The van der Waals surface area contributed by atoms with Gasteiger partial charge in [-0.05, 0) is 29.6 Å². The highest BCUT2D eigenvalue weighted by Crippen LogP contribution is 2.16. The van der Waals surface area contributed by atoms with Crippen LogP contribution in [0, 0.1) is 11.3 Å². The highest BCUT2D eigenvalue weighted by atomic mass is 32.2. The van der Waals surface area contributed by atoms with Crippen LogP contribution in [0.3, 0.4) is 0 Å². The quantitative estimate of drug-likeness (QED) is 0.814. The van der Waals surface area contributed by atoms with Gasteiger partial charge in [-0.25, -0.2) is 8.42 Å². The number of benzene rings is 1. The molecule has 0 aliphatic rings. The summed E-state index contributed by atoms with van der Waals surface area (Å²) in [6, 6.07) is 11.5. The SMILES string of the molecule is CCN(CC(=O)NCc1cccs1)S(=O)(=O)c1cccc(C#N)c1. The summed E-state index contributed by atoms with van der Waals surface area (Å²) in [6.07, 6.45) is 0. The molecule has 0 unspecified atom stereocenters. The van der Waals surface area contributed by atoms with Gasteiger partial charge >= 0.3 is 0 Å². The monoisotopic (exact) mass is 363 g/mol. The van der Waals surface area contributed by atoms with Gasteiger partial charge in [0.15, 0.2) is 0 Å². The van der Waals surface area contributed by atoms with Crippen molar-refractivity contribution in [1.29, 1.82) is 5.26 Å². The molecule has 8 heteroatoms. The number of hydrogen-bond acceptors (Lipinski definition) is 5. The summed E-state index contributed by atoms with van der Waals surface area (Å²) < 4.78 is 26.4. The summed E-state index contributed by atoms with van der Waals surface area (Å²) >= 11 is 1.52. The Bertz CT molecular complexity index is 840. The third-order valence-corrected chi connectivity index (χ3v) is 6.11. The summed E-state index contributed by atoms with van der Waals surface area (Å²) in [7, 11) is -3.83. The number of nitrogens with one attached hydrogen (secondary N) is 1. The van der Waals surface area contributed by atoms with Gasteiger partial charge in [-0.1, -0.05) is 19.1 Å². The molecule has 1 N–H and O–H groups in total. The zero-order valence-corrected chi connectivity index (χ0v) is 14.7. The van der Waals surface area contributed by atoms with Gasteiger partial charge in [0.2, 0.25) is 15.9 Å². The molecule has 1 heterocycles. The molecule has 0 bridgehead atoms. The molecule has 2 rings (SSSR count). The van der Waals surface area contributed by atoms with Crippen molar-refractivity contribution in [2.24, 2.45) is 0 Å². The van der Waals surface area contributed by atoms with Crippen LogP contribution in [-0.2, 0) is 21.4 Å². The Labute approximate surface area is 145 Å². The lowest BCUT2D eigenvalue weighted by molar-refractivity contribution is -0.121. The summed E-state index contributed by atoms with van der Waals surface area (Å²) in [6.45, 7) is 1.93. The minimum absolute atomic E-state index is 0.00876. The maximum Gasteiger partial charge on any atom is 0.243 e. The molecule has 1 amide bonds. The number of nitriles is 1. The zero-order chi connectivity index (χ0) is 17.6. The van der Waals surface area contributed by atoms with Crippen LogP contribution in [0.4, 0.5) is 0 Å². The second kappa shape index (κ2) is 8.06. The van der Waals surface area contributed by atoms with Crippen molar-refractivity contribution < 1.29 is 13.2 Å². The predicted molar refractivity (Wildman–Crippen MR) is 91.8 cm³/mol. The number of amides is 1. The predicted octanol–water partition coefficient (Wildman–Crippen LogP) is 1.95. The Morgan fingerprint density at radius 2 is 2.12 bits per heavy atom. The third-order valence-electron chi connectivity index (χ3n) is 3.31. The number of rotatable bonds is 7. The molecule has 0 aliphatic heterocycles. The van der Waals surface area contributed by atoms with Crippen molar-refractivity contribution in [2.75, 3.05) is 13.1 Å². The van der Waals surface area contributed by atoms with E-state index in [9.17, 15) is 13.2 Å². The fraction of sp³-hybridized carbons (Fsp3) is 0.250. The fourth-order valence-corrected chi connectivity index (χ4v) is 4.15. The Morgan fingerprint density at radius 3 is 2.75 bits per heavy atom. The molecule has 0 radical (unpaired) electrons. The number of carbonyl (C=O) groups excluding carboxylic acids is 1. The average Bonchev–Trinajstić information content (AvgIpc) is 3.11. The van der Waals surface area contributed by atoms with E-state index in [4.69, 9.17) is 5.26 Å². The second-order valence-electron chi connectivity index (χ2n) is 4.93. The normalized spacial score (nSPS) is 11.2. The Balaban J connectivity index is 2.08. The molecule has 0 fully saturated rings. The lowest BCUT2D eigenvalue weighted by atomic mass is 10.2. The van der Waals surface area contributed by atoms with E-state index in [1.807, 2.05) is 23.6 Å². The van der Waals surface area contributed by atoms with Crippen molar-refractivity contribution in [3.8, 4) is 6.07 Å². The van der Waals surface area contributed by atoms with Crippen LogP contribution in [-0.4, -0.2) is 31.7 Å². The van der Waals surface area contributed by atoms with Crippen LogP contribution in [0.25, 0.3) is 0 Å². The van der Waals surface area contributed by atoms with E-state index in [-0.39, 0.29) is 29.5 Å². The van der Waals surface area contributed by atoms with E-state index in [1.165, 1.54) is 35.6 Å². The second-order valence-corrected chi connectivity index (χ2v) is 7.90. The van der Waals surface area contributed by atoms with Gasteiger partial charge in [-0.2, -0.15) is 9.57 Å². The molecule has 0 aliphatic carbocycles. The van der Waals surface area contributed by atoms with Crippen LogP contribution in [0.1, 0.15) is 17.4 Å². The van der Waals surface area contributed by atoms with Crippen molar-refractivity contribution in [3.63, 3.8) is 0 Å². The Hall–Kier alpha value is -2.21. The Kier molecular flexibility index (Phi) is 6.09. The number of nitrogens with zero attached hydrogens (tertiary/aromatic N) is 2. The Morgan fingerprint density at radius 1 is 1.33 bits per heavy atom. The lowest BCUT2D eigenvalue weighted by Crippen LogP contribution is -2.40. The summed E-state index contributed by atoms with van der Waals surface area (Å²) in [5, 5.41) is 13.5. The molecular weight excluding hydrogens is 346 g/mol. The van der Waals surface area contributed by atoms with Gasteiger partial charge in [-0.15, -0.1) is 11.3 Å². The van der Waals surface area contributed by atoms with Crippen molar-refractivity contribution in [1.82, 2.24) is 9.62 Å². The van der Waals surface area contributed by atoms with Gasteiger partial charge in [0.25, 0.3) is 0 Å². The summed E-state index contributed by atoms with van der Waals surface area (Å²) in [4.78, 5) is 13.0. The summed E-state index contributed by atoms with van der Waals surface area (Å²) in [5.74, 6) is -0.370. The molecule has 6 nitrogen and oxygen atoms in total. The standard InChI is InChI=1S/C16H17N3O3S2/c1-2-19(12-16(20)18-11-14-6-4-8-23-14)24(21,22)15-7-3-5-13(9-15)10-17/h3-9H,2,11-12H2,1H3,(H,18,20). The minimum atomic E-state index is -3.83. The maximum atomic E-state index is 12.6. The fourth-order valence-electron chi connectivity index (χ4n) is 2.06. The van der Waals surface area contributed by atoms with Crippen LogP contribution < -0.4 is 5.32 Å². The van der Waals surface area contributed by atoms with Crippen molar-refractivity contribution >= 4 is 27.3 Å². The highest BCUT2D eigenvalue weighted by Gasteiger charge is 2.25. The lowest BCUT2D eigenvalue weighted by Gasteiger charge is -2.20. The van der Waals surface area contributed by atoms with Gasteiger partial charge in [0.1, 0.15) is 0 Å². The third kappa shape index (κ3) is 4.41. The van der Waals surface area contributed by atoms with Gasteiger partial charge < -0.3 is 5.32 Å². The summed E-state index contributed by atoms with van der Waals surface area (Å²) in [5.41, 5.74) is 0.259. The maximum absolute atomic E-state index is 12.6. The molecule has 1 aromatic heterocycles. The smallest absolute Gasteiger partial charge is 0.243 e. The molecule has 0 spiro atoms. The molecule has 0 saturated heterocycles. The number of likely N-dealkylation sites (N-methyl/N-ethyl adjacent to an activating group) is 1. The number of hydrogen-bond donors (Lipinski definition) is 1. The molecule has 2 aromatic rings. The van der Waals surface area contributed by atoms with Gasteiger partial charge in [-0.3, -0.25) is 4.79 Å². The van der Waals surface area contributed by atoms with E-state index in [1.54, 1.807) is 6.92 Å². The van der Waals surface area contributed by atoms with E-state index >= 15 is 0 Å².